The fourth-order valence-electron chi connectivity index (χ4n) is 1.19. The maximum atomic E-state index is 5.62. The lowest BCUT2D eigenvalue weighted by molar-refractivity contribution is 0.316. The van der Waals surface area contributed by atoms with Gasteiger partial charge < -0.3 is 9.31 Å². The van der Waals surface area contributed by atoms with Crippen molar-refractivity contribution < 1.29 is 9.31 Å². The van der Waals surface area contributed by atoms with Crippen LogP contribution in [0, 0.1) is 0 Å². The number of hydrogen-bond donors (Lipinski definition) is 0. The van der Waals surface area contributed by atoms with Crippen molar-refractivity contribution >= 4 is 7.12 Å². The monoisotopic (exact) mass is 304 g/mol. The third-order valence-corrected chi connectivity index (χ3v) is 1.90. The summed E-state index contributed by atoms with van der Waals surface area (Å²) in [7, 11) is -0.381. The molecule has 0 N–H and O–H groups in total. The summed E-state index contributed by atoms with van der Waals surface area (Å²) in [4.78, 5) is 0. The normalized spacial score (nSPS) is 11.0. The molecular formula is C19H33BO2. The lowest BCUT2D eigenvalue weighted by Crippen LogP contribution is -2.17. The first kappa shape index (κ1) is 25.1. The van der Waals surface area contributed by atoms with E-state index in [1.165, 1.54) is 0 Å². The molecule has 0 atom stereocenters. The van der Waals surface area contributed by atoms with Gasteiger partial charge in [-0.2, -0.15) is 0 Å². The molecule has 22 heavy (non-hydrogen) atoms. The van der Waals surface area contributed by atoms with Crippen molar-refractivity contribution in [3.63, 3.8) is 0 Å². The largest absolute Gasteiger partial charge is 0.591 e. The standard InChI is InChI=1S/C15H21BO2.2C2H6/c1-6-10-13-14(9-4)17-16(5)18-15(11-7-2)12-8-3;2*1-2/h6-13H,1-2H2,3-5H3;2*1-2H3/b12-8-,13-10-,14-9+,15-11+;;. The Labute approximate surface area is 138 Å². The Morgan fingerprint density at radius 2 is 1.41 bits per heavy atom. The van der Waals surface area contributed by atoms with Crippen molar-refractivity contribution in [1.29, 1.82) is 0 Å². The van der Waals surface area contributed by atoms with Crippen molar-refractivity contribution in [2.24, 2.45) is 0 Å². The highest BCUT2D eigenvalue weighted by molar-refractivity contribution is 6.43. The first-order chi connectivity index (χ1) is 10.7. The van der Waals surface area contributed by atoms with Gasteiger partial charge in [0.2, 0.25) is 0 Å². The molecule has 0 aromatic carbocycles. The second kappa shape index (κ2) is 21.4. The zero-order valence-electron chi connectivity index (χ0n) is 15.4. The van der Waals surface area contributed by atoms with Crippen molar-refractivity contribution in [1.82, 2.24) is 0 Å². The van der Waals surface area contributed by atoms with Crippen LogP contribution in [0.2, 0.25) is 6.82 Å². The van der Waals surface area contributed by atoms with E-state index >= 15 is 0 Å². The van der Waals surface area contributed by atoms with Crippen LogP contribution in [0.4, 0.5) is 0 Å². The van der Waals surface area contributed by atoms with Crippen LogP contribution < -0.4 is 0 Å². The molecule has 0 amide bonds. The highest BCUT2D eigenvalue weighted by Crippen LogP contribution is 2.09. The molecule has 0 heterocycles. The Kier molecular flexibility index (Phi) is 24.4. The second-order valence-corrected chi connectivity index (χ2v) is 3.39. The Morgan fingerprint density at radius 3 is 1.82 bits per heavy atom. The fourth-order valence-corrected chi connectivity index (χ4v) is 1.19. The number of allylic oxidation sites excluding steroid dienone is 8. The molecule has 0 aliphatic heterocycles. The van der Waals surface area contributed by atoms with Gasteiger partial charge in [-0.3, -0.25) is 0 Å². The summed E-state index contributed by atoms with van der Waals surface area (Å²) in [6, 6.07) is 0. The minimum absolute atomic E-state index is 0.381. The molecule has 0 spiro atoms. The number of hydrogen-bond acceptors (Lipinski definition) is 2. The lowest BCUT2D eigenvalue weighted by atomic mass is 9.94. The molecule has 0 aliphatic carbocycles. The van der Waals surface area contributed by atoms with Crippen molar-refractivity contribution in [3.8, 4) is 0 Å². The molecular weight excluding hydrogens is 271 g/mol. The van der Waals surface area contributed by atoms with Crippen LogP contribution in [0.3, 0.4) is 0 Å². The zero-order chi connectivity index (χ0) is 17.8. The first-order valence-electron chi connectivity index (χ1n) is 7.92. The molecule has 0 aliphatic rings. The van der Waals surface area contributed by atoms with E-state index in [2.05, 4.69) is 13.2 Å². The molecule has 3 heteroatoms. The highest BCUT2D eigenvalue weighted by atomic mass is 16.6. The van der Waals surface area contributed by atoms with Crippen molar-refractivity contribution in [3.05, 3.63) is 73.3 Å². The average molecular weight is 304 g/mol. The Bertz CT molecular complexity index is 377. The molecule has 0 bridgehead atoms. The second-order valence-electron chi connectivity index (χ2n) is 3.39. The van der Waals surface area contributed by atoms with Crippen molar-refractivity contribution in [2.75, 3.05) is 0 Å². The van der Waals surface area contributed by atoms with Crippen LogP contribution in [-0.4, -0.2) is 7.12 Å². The van der Waals surface area contributed by atoms with Crippen molar-refractivity contribution in [2.45, 2.75) is 48.4 Å². The molecule has 0 saturated carbocycles. The van der Waals surface area contributed by atoms with Crippen LogP contribution >= 0.6 is 0 Å². The zero-order valence-corrected chi connectivity index (χ0v) is 15.4. The number of rotatable bonds is 8. The van der Waals surface area contributed by atoms with Gasteiger partial charge in [0.05, 0.1) is 5.76 Å². The van der Waals surface area contributed by atoms with E-state index in [0.717, 1.165) is 5.76 Å². The summed E-state index contributed by atoms with van der Waals surface area (Å²) < 4.78 is 11.2. The van der Waals surface area contributed by atoms with E-state index in [4.69, 9.17) is 9.31 Å². The van der Waals surface area contributed by atoms with Gasteiger partial charge in [-0.15, -0.1) is 0 Å². The topological polar surface area (TPSA) is 18.5 Å². The van der Waals surface area contributed by atoms with Gasteiger partial charge in [0.15, 0.2) is 0 Å². The molecule has 0 radical (unpaired) electrons. The molecule has 124 valence electrons. The molecule has 0 fully saturated rings. The minimum Gasteiger partial charge on any atom is -0.526 e. The third kappa shape index (κ3) is 16.2. The Morgan fingerprint density at radius 1 is 0.864 bits per heavy atom. The Balaban J connectivity index is -0.000000826. The smallest absolute Gasteiger partial charge is 0.526 e. The van der Waals surface area contributed by atoms with E-state index < -0.39 is 0 Å². The summed E-state index contributed by atoms with van der Waals surface area (Å²) in [6.45, 7) is 20.9. The minimum atomic E-state index is -0.381. The Hall–Kier alpha value is -1.90. The highest BCUT2D eigenvalue weighted by Gasteiger charge is 2.15. The summed E-state index contributed by atoms with van der Waals surface area (Å²) in [6.07, 6.45) is 14.4. The maximum Gasteiger partial charge on any atom is 0.591 e. The molecule has 0 unspecified atom stereocenters. The van der Waals surface area contributed by atoms with Gasteiger partial charge >= 0.3 is 7.12 Å². The van der Waals surface area contributed by atoms with Gasteiger partial charge in [-0.1, -0.05) is 65.2 Å². The van der Waals surface area contributed by atoms with Gasteiger partial charge in [-0.25, -0.2) is 0 Å². The third-order valence-electron chi connectivity index (χ3n) is 1.90. The van der Waals surface area contributed by atoms with E-state index in [9.17, 15) is 0 Å². The van der Waals surface area contributed by atoms with Gasteiger partial charge in [0.25, 0.3) is 0 Å². The summed E-state index contributed by atoms with van der Waals surface area (Å²) >= 11 is 0. The lowest BCUT2D eigenvalue weighted by Gasteiger charge is -2.14. The quantitative estimate of drug-likeness (QED) is 0.290. The van der Waals surface area contributed by atoms with Gasteiger partial charge in [0.1, 0.15) is 5.76 Å². The van der Waals surface area contributed by atoms with Crippen LogP contribution in [0.15, 0.2) is 73.3 Å². The predicted octanol–water partition coefficient (Wildman–Crippen LogP) is 6.48. The molecule has 0 aromatic heterocycles. The van der Waals surface area contributed by atoms with Crippen LogP contribution in [0.25, 0.3) is 0 Å². The van der Waals surface area contributed by atoms with Crippen LogP contribution in [0.1, 0.15) is 41.5 Å². The van der Waals surface area contributed by atoms with E-state index in [1.807, 2.05) is 78.7 Å². The average Bonchev–Trinajstić information content (AvgIpc) is 2.55. The molecule has 0 rings (SSSR count). The van der Waals surface area contributed by atoms with Crippen LogP contribution in [0.5, 0.6) is 0 Å². The molecule has 0 aromatic rings. The fraction of sp³-hybridized carbons (Fsp3) is 0.368. The van der Waals surface area contributed by atoms with E-state index in [-0.39, 0.29) is 7.12 Å². The van der Waals surface area contributed by atoms with E-state index in [0.29, 0.717) is 5.76 Å². The van der Waals surface area contributed by atoms with Gasteiger partial charge in [0, 0.05) is 0 Å². The first-order valence-corrected chi connectivity index (χ1v) is 7.92. The SMILES string of the molecule is C=C/C=C\C(=C/C)OB(C)OC(/C=C\C)=C/C=C.CC.CC. The summed E-state index contributed by atoms with van der Waals surface area (Å²) in [5.41, 5.74) is 0. The maximum absolute atomic E-state index is 5.62. The molecule has 0 saturated heterocycles. The summed E-state index contributed by atoms with van der Waals surface area (Å²) in [5.74, 6) is 1.45. The van der Waals surface area contributed by atoms with Gasteiger partial charge in [-0.05, 0) is 45.0 Å². The summed E-state index contributed by atoms with van der Waals surface area (Å²) in [5, 5.41) is 0. The molecule has 2 nitrogen and oxygen atoms in total. The van der Waals surface area contributed by atoms with E-state index in [1.54, 1.807) is 18.2 Å². The van der Waals surface area contributed by atoms with Crippen LogP contribution in [-0.2, 0) is 9.31 Å². The predicted molar refractivity (Wildman–Crippen MR) is 103 cm³/mol.